The van der Waals surface area contributed by atoms with Gasteiger partial charge in [-0.3, -0.25) is 14.4 Å². The molecule has 0 aromatic heterocycles. The second-order valence-electron chi connectivity index (χ2n) is 21.1. The summed E-state index contributed by atoms with van der Waals surface area (Å²) >= 11 is 0. The molecule has 0 aromatic carbocycles. The molecular formula is C66H118O6. The minimum absolute atomic E-state index is 0.0805. The third-order valence-electron chi connectivity index (χ3n) is 13.8. The third kappa shape index (κ3) is 58.0. The van der Waals surface area contributed by atoms with Crippen LogP contribution in [0.2, 0.25) is 0 Å². The summed E-state index contributed by atoms with van der Waals surface area (Å²) in [5.41, 5.74) is 0. The zero-order valence-corrected chi connectivity index (χ0v) is 47.9. The van der Waals surface area contributed by atoms with Crippen LogP contribution in [0.15, 0.2) is 60.8 Å². The van der Waals surface area contributed by atoms with E-state index in [1.807, 2.05) is 0 Å². The largest absolute Gasteiger partial charge is 0.462 e. The van der Waals surface area contributed by atoms with Crippen molar-refractivity contribution in [1.82, 2.24) is 0 Å². The number of carbonyl (C=O) groups excluding carboxylic acids is 3. The van der Waals surface area contributed by atoms with Gasteiger partial charge in [0.2, 0.25) is 0 Å². The quantitative estimate of drug-likeness (QED) is 0.0261. The van der Waals surface area contributed by atoms with Gasteiger partial charge in [0, 0.05) is 19.3 Å². The first-order chi connectivity index (χ1) is 35.5. The number of hydrogen-bond acceptors (Lipinski definition) is 6. The second kappa shape index (κ2) is 60.7. The fourth-order valence-corrected chi connectivity index (χ4v) is 9.08. The lowest BCUT2D eigenvalue weighted by Gasteiger charge is -2.18. The molecule has 0 fully saturated rings. The lowest BCUT2D eigenvalue weighted by molar-refractivity contribution is -0.167. The van der Waals surface area contributed by atoms with Crippen LogP contribution in [-0.2, 0) is 28.6 Å². The van der Waals surface area contributed by atoms with Crippen LogP contribution in [0.25, 0.3) is 0 Å². The van der Waals surface area contributed by atoms with Crippen molar-refractivity contribution in [2.45, 2.75) is 329 Å². The van der Waals surface area contributed by atoms with Crippen molar-refractivity contribution in [3.8, 4) is 0 Å². The standard InChI is InChI=1S/C66H118O6/c1-4-7-10-13-16-19-22-25-28-31-33-36-38-41-44-47-50-53-56-59-65(68)71-62-63(61-70-64(67)58-55-52-49-46-43-40-37-34-30-27-24-21-18-15-12-9-6-3)72-66(69)60-57-54-51-48-45-42-39-35-32-29-26-23-20-17-14-11-8-5-2/h16,19,22-23,25-26,29,32,35,39,63H,4-15,17-18,20-21,24,27-28,30-31,33-34,36-38,40-62H2,1-3H3/b19-16-,25-22-,26-23-,32-29-,39-35-. The average molecular weight is 1010 g/mol. The molecule has 6 heteroatoms. The molecule has 0 bridgehead atoms. The van der Waals surface area contributed by atoms with Crippen LogP contribution in [0.3, 0.4) is 0 Å². The van der Waals surface area contributed by atoms with Gasteiger partial charge < -0.3 is 14.2 Å². The van der Waals surface area contributed by atoms with Gasteiger partial charge in [-0.2, -0.15) is 0 Å². The van der Waals surface area contributed by atoms with Crippen molar-refractivity contribution < 1.29 is 28.6 Å². The van der Waals surface area contributed by atoms with Gasteiger partial charge in [-0.15, -0.1) is 0 Å². The van der Waals surface area contributed by atoms with Gasteiger partial charge in [0.05, 0.1) is 0 Å². The Balaban J connectivity index is 4.39. The molecule has 0 rings (SSSR count). The zero-order valence-electron chi connectivity index (χ0n) is 47.9. The normalized spacial score (nSPS) is 12.4. The van der Waals surface area contributed by atoms with Crippen molar-refractivity contribution in [2.75, 3.05) is 13.2 Å². The van der Waals surface area contributed by atoms with E-state index in [4.69, 9.17) is 14.2 Å². The first-order valence-electron chi connectivity index (χ1n) is 31.3. The van der Waals surface area contributed by atoms with Crippen LogP contribution in [0.4, 0.5) is 0 Å². The number of rotatable bonds is 57. The molecule has 0 aromatic rings. The van der Waals surface area contributed by atoms with Gasteiger partial charge in [0.1, 0.15) is 13.2 Å². The van der Waals surface area contributed by atoms with E-state index < -0.39 is 6.10 Å². The predicted octanol–water partition coefficient (Wildman–Crippen LogP) is 21.2. The van der Waals surface area contributed by atoms with Gasteiger partial charge in [-0.05, 0) is 70.6 Å². The van der Waals surface area contributed by atoms with Gasteiger partial charge in [0.25, 0.3) is 0 Å². The van der Waals surface area contributed by atoms with E-state index in [0.717, 1.165) is 77.0 Å². The summed E-state index contributed by atoms with van der Waals surface area (Å²) in [5, 5.41) is 0. The van der Waals surface area contributed by atoms with Gasteiger partial charge >= 0.3 is 17.9 Å². The molecule has 0 aliphatic rings. The highest BCUT2D eigenvalue weighted by molar-refractivity contribution is 5.71. The van der Waals surface area contributed by atoms with E-state index in [1.54, 1.807) is 0 Å². The van der Waals surface area contributed by atoms with Crippen molar-refractivity contribution in [3.05, 3.63) is 60.8 Å². The number of unbranched alkanes of at least 4 members (excludes halogenated alkanes) is 39. The van der Waals surface area contributed by atoms with E-state index in [1.165, 1.54) is 205 Å². The van der Waals surface area contributed by atoms with Gasteiger partial charge in [-0.25, -0.2) is 0 Å². The van der Waals surface area contributed by atoms with Crippen LogP contribution < -0.4 is 0 Å². The summed E-state index contributed by atoms with van der Waals surface area (Å²) in [6.45, 7) is 6.62. The van der Waals surface area contributed by atoms with Crippen LogP contribution in [0.1, 0.15) is 323 Å². The topological polar surface area (TPSA) is 78.9 Å². The van der Waals surface area contributed by atoms with E-state index in [2.05, 4.69) is 81.5 Å². The molecule has 0 spiro atoms. The van der Waals surface area contributed by atoms with Crippen molar-refractivity contribution in [1.29, 1.82) is 0 Å². The van der Waals surface area contributed by atoms with E-state index in [0.29, 0.717) is 19.3 Å². The minimum Gasteiger partial charge on any atom is -0.462 e. The molecule has 0 aliphatic heterocycles. The van der Waals surface area contributed by atoms with Crippen molar-refractivity contribution in [3.63, 3.8) is 0 Å². The Hall–Kier alpha value is -2.89. The first kappa shape index (κ1) is 69.1. The summed E-state index contributed by atoms with van der Waals surface area (Å²) in [6, 6.07) is 0. The monoisotopic (exact) mass is 1010 g/mol. The summed E-state index contributed by atoms with van der Waals surface area (Å²) in [7, 11) is 0. The van der Waals surface area contributed by atoms with Crippen LogP contribution in [0.5, 0.6) is 0 Å². The van der Waals surface area contributed by atoms with Crippen LogP contribution in [0, 0.1) is 0 Å². The summed E-state index contributed by atoms with van der Waals surface area (Å²) in [5.74, 6) is -0.886. The molecule has 1 unspecified atom stereocenters. The molecule has 0 saturated carbocycles. The number of esters is 3. The lowest BCUT2D eigenvalue weighted by atomic mass is 10.0. The Morgan fingerprint density at radius 1 is 0.278 bits per heavy atom. The molecule has 72 heavy (non-hydrogen) atoms. The molecule has 0 radical (unpaired) electrons. The molecule has 418 valence electrons. The summed E-state index contributed by atoms with van der Waals surface area (Å²) in [4.78, 5) is 38.3. The molecule has 0 aliphatic carbocycles. The number of allylic oxidation sites excluding steroid dienone is 10. The van der Waals surface area contributed by atoms with Crippen molar-refractivity contribution >= 4 is 17.9 Å². The number of hydrogen-bond donors (Lipinski definition) is 0. The fourth-order valence-electron chi connectivity index (χ4n) is 9.08. The Kier molecular flexibility index (Phi) is 58.2. The first-order valence-corrected chi connectivity index (χ1v) is 31.3. The summed E-state index contributed by atoms with van der Waals surface area (Å²) < 4.78 is 16.9. The summed E-state index contributed by atoms with van der Waals surface area (Å²) in [6.07, 6.45) is 76.4. The molecule has 0 amide bonds. The maximum absolute atomic E-state index is 12.9. The highest BCUT2D eigenvalue weighted by Gasteiger charge is 2.19. The molecule has 6 nitrogen and oxygen atoms in total. The molecule has 0 N–H and O–H groups in total. The fraction of sp³-hybridized carbons (Fsp3) is 0.803. The third-order valence-corrected chi connectivity index (χ3v) is 13.8. The molecular weight excluding hydrogens is 889 g/mol. The van der Waals surface area contributed by atoms with Crippen LogP contribution in [-0.4, -0.2) is 37.2 Å². The maximum atomic E-state index is 12.9. The Morgan fingerprint density at radius 3 is 0.806 bits per heavy atom. The zero-order chi connectivity index (χ0) is 52.2. The molecule has 0 saturated heterocycles. The predicted molar refractivity (Wildman–Crippen MR) is 312 cm³/mol. The highest BCUT2D eigenvalue weighted by Crippen LogP contribution is 2.17. The Labute approximate surface area is 447 Å². The van der Waals surface area contributed by atoms with Crippen LogP contribution >= 0.6 is 0 Å². The highest BCUT2D eigenvalue weighted by atomic mass is 16.6. The molecule has 1 atom stereocenters. The molecule has 0 heterocycles. The maximum Gasteiger partial charge on any atom is 0.306 e. The lowest BCUT2D eigenvalue weighted by Crippen LogP contribution is -2.30. The van der Waals surface area contributed by atoms with E-state index in [-0.39, 0.29) is 31.1 Å². The van der Waals surface area contributed by atoms with Gasteiger partial charge in [-0.1, -0.05) is 293 Å². The van der Waals surface area contributed by atoms with Gasteiger partial charge in [0.15, 0.2) is 6.10 Å². The average Bonchev–Trinajstić information content (AvgIpc) is 3.38. The Bertz CT molecular complexity index is 1290. The Morgan fingerprint density at radius 2 is 0.500 bits per heavy atom. The number of carbonyl (C=O) groups is 3. The van der Waals surface area contributed by atoms with Crippen molar-refractivity contribution in [2.24, 2.45) is 0 Å². The van der Waals surface area contributed by atoms with E-state index >= 15 is 0 Å². The van der Waals surface area contributed by atoms with E-state index in [9.17, 15) is 14.4 Å². The smallest absolute Gasteiger partial charge is 0.306 e. The SMILES string of the molecule is CCCCC/C=C\C=C/CCCCCCCCCCCCC(=O)OCC(COC(=O)CCCCCCCCCCCCCCCCCCC)OC(=O)CCCCCCC\C=C/C=C\C=C/CCCCCCC. The number of ether oxygens (including phenoxy) is 3. The minimum atomic E-state index is -0.786. The second-order valence-corrected chi connectivity index (χ2v) is 21.1.